The first-order chi connectivity index (χ1) is 7.63. The number of carbonyl (C=O) groups is 1. The maximum atomic E-state index is 11.5. The number of H-pyrrole nitrogens is 1. The fourth-order valence-electron chi connectivity index (χ4n) is 1.09. The molecule has 6 heteroatoms. The van der Waals surface area contributed by atoms with Crippen LogP contribution in [0.4, 0.5) is 0 Å². The number of aromatic amines is 1. The Bertz CT molecular complexity index is 451. The van der Waals surface area contributed by atoms with E-state index in [9.17, 15) is 9.59 Å². The highest BCUT2D eigenvalue weighted by molar-refractivity contribution is 5.94. The van der Waals surface area contributed by atoms with Gasteiger partial charge < -0.3 is 16.2 Å². The van der Waals surface area contributed by atoms with Crippen molar-refractivity contribution >= 4 is 5.91 Å². The molecular weight excluding hydrogens is 210 g/mol. The van der Waals surface area contributed by atoms with Crippen LogP contribution >= 0.6 is 0 Å². The van der Waals surface area contributed by atoms with E-state index < -0.39 is 11.5 Å². The molecule has 0 aliphatic rings. The Morgan fingerprint density at radius 3 is 2.88 bits per heavy atom. The molecule has 0 radical (unpaired) electrons. The maximum Gasteiger partial charge on any atom is 0.251 e. The molecule has 0 saturated carbocycles. The lowest BCUT2D eigenvalue weighted by Gasteiger charge is -2.02. The molecule has 0 spiro atoms. The van der Waals surface area contributed by atoms with Gasteiger partial charge in [-0.25, -0.2) is 0 Å². The highest BCUT2D eigenvalue weighted by atomic mass is 16.3. The molecule has 0 unspecified atom stereocenters. The fraction of sp³-hybridized carbons (Fsp3) is 0.200. The number of aromatic hydroxyl groups is 1. The van der Waals surface area contributed by atoms with Gasteiger partial charge in [-0.1, -0.05) is 12.2 Å². The van der Waals surface area contributed by atoms with E-state index in [2.05, 4.69) is 10.3 Å². The third kappa shape index (κ3) is 3.58. The number of carbonyl (C=O) groups excluding carboxylic acids is 1. The Balaban J connectivity index is 2.66. The van der Waals surface area contributed by atoms with E-state index in [1.54, 1.807) is 12.2 Å². The summed E-state index contributed by atoms with van der Waals surface area (Å²) in [4.78, 5) is 24.6. The largest absolute Gasteiger partial charge is 0.494 e. The Morgan fingerprint density at radius 2 is 2.25 bits per heavy atom. The Kier molecular flexibility index (Phi) is 4.28. The van der Waals surface area contributed by atoms with E-state index in [1.165, 1.54) is 6.07 Å². The highest BCUT2D eigenvalue weighted by Gasteiger charge is 2.06. The predicted octanol–water partition coefficient (Wildman–Crippen LogP) is -0.675. The second kappa shape index (κ2) is 5.72. The first kappa shape index (κ1) is 12.0. The second-order valence-electron chi connectivity index (χ2n) is 3.04. The topological polar surface area (TPSA) is 108 Å². The van der Waals surface area contributed by atoms with Crippen molar-refractivity contribution in [2.45, 2.75) is 0 Å². The van der Waals surface area contributed by atoms with Crippen molar-refractivity contribution in [3.8, 4) is 5.88 Å². The van der Waals surface area contributed by atoms with Crippen LogP contribution in [-0.2, 0) is 0 Å². The van der Waals surface area contributed by atoms with Gasteiger partial charge in [0.1, 0.15) is 0 Å². The zero-order chi connectivity index (χ0) is 12.0. The molecule has 0 atom stereocenters. The minimum Gasteiger partial charge on any atom is -0.494 e. The number of hydrogen-bond donors (Lipinski definition) is 4. The number of nitrogens with one attached hydrogen (secondary N) is 2. The SMILES string of the molecule is NC/C=C/CNC(=O)c1cc(O)[nH]c(=O)c1. The van der Waals surface area contributed by atoms with Gasteiger partial charge in [0.2, 0.25) is 0 Å². The van der Waals surface area contributed by atoms with Gasteiger partial charge in [-0.2, -0.15) is 0 Å². The van der Waals surface area contributed by atoms with Crippen LogP contribution in [0.1, 0.15) is 10.4 Å². The molecule has 0 aliphatic heterocycles. The van der Waals surface area contributed by atoms with Crippen molar-refractivity contribution in [2.75, 3.05) is 13.1 Å². The number of amides is 1. The lowest BCUT2D eigenvalue weighted by molar-refractivity contribution is 0.0957. The summed E-state index contributed by atoms with van der Waals surface area (Å²) < 4.78 is 0. The van der Waals surface area contributed by atoms with Gasteiger partial charge in [-0.15, -0.1) is 0 Å². The van der Waals surface area contributed by atoms with Crippen molar-refractivity contribution < 1.29 is 9.90 Å². The quantitative estimate of drug-likeness (QED) is 0.507. The number of rotatable bonds is 4. The van der Waals surface area contributed by atoms with Crippen molar-refractivity contribution in [3.05, 3.63) is 40.2 Å². The number of aromatic nitrogens is 1. The zero-order valence-electron chi connectivity index (χ0n) is 8.56. The Morgan fingerprint density at radius 1 is 1.50 bits per heavy atom. The van der Waals surface area contributed by atoms with E-state index in [4.69, 9.17) is 10.8 Å². The summed E-state index contributed by atoms with van der Waals surface area (Å²) in [7, 11) is 0. The van der Waals surface area contributed by atoms with Gasteiger partial charge >= 0.3 is 0 Å². The van der Waals surface area contributed by atoms with Crippen LogP contribution in [0.5, 0.6) is 5.88 Å². The molecule has 6 nitrogen and oxygen atoms in total. The van der Waals surface area contributed by atoms with Crippen LogP contribution in [-0.4, -0.2) is 29.1 Å². The molecule has 0 saturated heterocycles. The summed E-state index contributed by atoms with van der Waals surface area (Å²) in [5.41, 5.74) is 4.81. The summed E-state index contributed by atoms with van der Waals surface area (Å²) in [6, 6.07) is 2.30. The van der Waals surface area contributed by atoms with Crippen LogP contribution in [0.25, 0.3) is 0 Å². The normalized spacial score (nSPS) is 10.6. The molecule has 0 aliphatic carbocycles. The van der Waals surface area contributed by atoms with E-state index in [-0.39, 0.29) is 11.4 Å². The van der Waals surface area contributed by atoms with Gasteiger partial charge in [0.25, 0.3) is 11.5 Å². The van der Waals surface area contributed by atoms with Gasteiger partial charge in [0, 0.05) is 25.2 Å². The average molecular weight is 223 g/mol. The summed E-state index contributed by atoms with van der Waals surface area (Å²) >= 11 is 0. The molecule has 16 heavy (non-hydrogen) atoms. The lowest BCUT2D eigenvalue weighted by atomic mass is 10.2. The number of hydrogen-bond acceptors (Lipinski definition) is 4. The van der Waals surface area contributed by atoms with Crippen LogP contribution in [0.2, 0.25) is 0 Å². The van der Waals surface area contributed by atoms with Gasteiger partial charge in [0.15, 0.2) is 5.88 Å². The highest BCUT2D eigenvalue weighted by Crippen LogP contribution is 2.03. The summed E-state index contributed by atoms with van der Waals surface area (Å²) in [6.45, 7) is 0.727. The summed E-state index contributed by atoms with van der Waals surface area (Å²) in [5, 5.41) is 11.6. The zero-order valence-corrected chi connectivity index (χ0v) is 8.56. The van der Waals surface area contributed by atoms with Crippen molar-refractivity contribution in [3.63, 3.8) is 0 Å². The molecule has 5 N–H and O–H groups in total. The van der Waals surface area contributed by atoms with E-state index >= 15 is 0 Å². The third-order valence-corrected chi connectivity index (χ3v) is 1.78. The first-order valence-corrected chi connectivity index (χ1v) is 4.70. The van der Waals surface area contributed by atoms with Gasteiger partial charge in [0.05, 0.1) is 5.56 Å². The summed E-state index contributed by atoms with van der Waals surface area (Å²) in [5.74, 6) is -0.766. The Hall–Kier alpha value is -2.08. The fourth-order valence-corrected chi connectivity index (χ4v) is 1.09. The molecule has 1 amide bonds. The molecular formula is C10H13N3O3. The predicted molar refractivity (Wildman–Crippen MR) is 59.3 cm³/mol. The minimum absolute atomic E-state index is 0.113. The number of pyridine rings is 1. The summed E-state index contributed by atoms with van der Waals surface area (Å²) in [6.07, 6.45) is 3.40. The van der Waals surface area contributed by atoms with E-state index in [0.717, 1.165) is 6.07 Å². The molecule has 1 rings (SSSR count). The smallest absolute Gasteiger partial charge is 0.251 e. The van der Waals surface area contributed by atoms with Crippen LogP contribution in [0.3, 0.4) is 0 Å². The van der Waals surface area contributed by atoms with Crippen LogP contribution < -0.4 is 16.6 Å². The first-order valence-electron chi connectivity index (χ1n) is 4.70. The Labute approximate surface area is 91.8 Å². The van der Waals surface area contributed by atoms with Crippen LogP contribution in [0, 0.1) is 0 Å². The second-order valence-corrected chi connectivity index (χ2v) is 3.04. The molecule has 0 bridgehead atoms. The monoisotopic (exact) mass is 223 g/mol. The molecule has 0 aromatic carbocycles. The lowest BCUT2D eigenvalue weighted by Crippen LogP contribution is -2.24. The van der Waals surface area contributed by atoms with Gasteiger partial charge in [-0.05, 0) is 0 Å². The molecule has 0 fully saturated rings. The molecule has 86 valence electrons. The standard InChI is InChI=1S/C10H13N3O3/c11-3-1-2-4-12-10(16)7-5-8(14)13-9(15)6-7/h1-2,5-6H,3-4,11H2,(H,12,16)(H2,13,14,15)/b2-1+. The van der Waals surface area contributed by atoms with E-state index in [1.807, 2.05) is 0 Å². The molecule has 1 aromatic rings. The average Bonchev–Trinajstić information content (AvgIpc) is 2.22. The van der Waals surface area contributed by atoms with Crippen LogP contribution in [0.15, 0.2) is 29.1 Å². The van der Waals surface area contributed by atoms with E-state index in [0.29, 0.717) is 13.1 Å². The van der Waals surface area contributed by atoms with Crippen molar-refractivity contribution in [1.29, 1.82) is 0 Å². The van der Waals surface area contributed by atoms with Gasteiger partial charge in [-0.3, -0.25) is 14.6 Å². The van der Waals surface area contributed by atoms with Crippen molar-refractivity contribution in [2.24, 2.45) is 5.73 Å². The molecule has 1 heterocycles. The third-order valence-electron chi connectivity index (χ3n) is 1.78. The minimum atomic E-state index is -0.525. The van der Waals surface area contributed by atoms with Crippen molar-refractivity contribution in [1.82, 2.24) is 10.3 Å². The maximum absolute atomic E-state index is 11.5. The molecule has 1 aromatic heterocycles. The number of nitrogens with two attached hydrogens (primary N) is 1.